The van der Waals surface area contributed by atoms with Crippen molar-refractivity contribution in [1.29, 1.82) is 0 Å². The molecule has 0 atom stereocenters. The number of nitrogens with one attached hydrogen (secondary N) is 2. The minimum absolute atomic E-state index is 0.405. The molecule has 0 aliphatic rings. The van der Waals surface area contributed by atoms with Crippen molar-refractivity contribution in [3.05, 3.63) is 28.9 Å². The minimum Gasteiger partial charge on any atom is -0.464 e. The van der Waals surface area contributed by atoms with Crippen LogP contribution in [0, 0.1) is 0 Å². The molecule has 4 nitrogen and oxygen atoms in total. The van der Waals surface area contributed by atoms with Gasteiger partial charge in [0.1, 0.15) is 5.69 Å². The van der Waals surface area contributed by atoms with Crippen LogP contribution in [-0.4, -0.2) is 25.1 Å². The number of methoxy groups -OCH3 is 1. The number of fused-ring (bicyclic) bond motifs is 1. The third-order valence-electron chi connectivity index (χ3n) is 2.40. The maximum Gasteiger partial charge on any atom is 0.356 e. The van der Waals surface area contributed by atoms with Gasteiger partial charge in [0.2, 0.25) is 0 Å². The van der Waals surface area contributed by atoms with Crippen LogP contribution >= 0.6 is 11.6 Å². The van der Waals surface area contributed by atoms with Gasteiger partial charge in [0, 0.05) is 23.0 Å². The lowest BCUT2D eigenvalue weighted by Crippen LogP contribution is -2.04. The van der Waals surface area contributed by atoms with Gasteiger partial charge in [-0.3, -0.25) is 0 Å². The molecule has 0 aliphatic carbocycles. The molecular formula is C11H11ClN2O2. The van der Waals surface area contributed by atoms with Crippen molar-refractivity contribution in [3.63, 3.8) is 0 Å². The van der Waals surface area contributed by atoms with E-state index in [-0.39, 0.29) is 0 Å². The van der Waals surface area contributed by atoms with Gasteiger partial charge >= 0.3 is 5.97 Å². The molecule has 0 bridgehead atoms. The molecule has 0 fully saturated rings. The summed E-state index contributed by atoms with van der Waals surface area (Å²) in [5.41, 5.74) is 1.93. The first-order valence-corrected chi connectivity index (χ1v) is 5.12. The van der Waals surface area contributed by atoms with Gasteiger partial charge in [-0.15, -0.1) is 0 Å². The van der Waals surface area contributed by atoms with Gasteiger partial charge < -0.3 is 15.0 Å². The van der Waals surface area contributed by atoms with Gasteiger partial charge in [-0.1, -0.05) is 11.6 Å². The largest absolute Gasteiger partial charge is 0.464 e. The fourth-order valence-electron chi connectivity index (χ4n) is 1.68. The van der Waals surface area contributed by atoms with Crippen molar-refractivity contribution < 1.29 is 9.53 Å². The molecule has 0 unspecified atom stereocenters. The number of aromatic nitrogens is 1. The Morgan fingerprint density at radius 1 is 1.50 bits per heavy atom. The van der Waals surface area contributed by atoms with Crippen LogP contribution in [0.15, 0.2) is 18.2 Å². The van der Waals surface area contributed by atoms with E-state index in [0.29, 0.717) is 10.7 Å². The third kappa shape index (κ3) is 1.61. The van der Waals surface area contributed by atoms with Crippen LogP contribution in [0.4, 0.5) is 5.69 Å². The first kappa shape index (κ1) is 10.8. The summed E-state index contributed by atoms with van der Waals surface area (Å²) in [7, 11) is 3.10. The minimum atomic E-state index is -0.406. The average Bonchev–Trinajstić information content (AvgIpc) is 2.65. The lowest BCUT2D eigenvalue weighted by atomic mass is 10.2. The second-order valence-electron chi connectivity index (χ2n) is 3.31. The van der Waals surface area contributed by atoms with E-state index in [9.17, 15) is 4.79 Å². The van der Waals surface area contributed by atoms with E-state index in [0.717, 1.165) is 16.6 Å². The van der Waals surface area contributed by atoms with Crippen molar-refractivity contribution in [2.45, 2.75) is 0 Å². The maximum atomic E-state index is 11.5. The van der Waals surface area contributed by atoms with E-state index in [1.54, 1.807) is 19.2 Å². The fourth-order valence-corrected chi connectivity index (χ4v) is 1.86. The summed E-state index contributed by atoms with van der Waals surface area (Å²) in [4.78, 5) is 14.5. The molecule has 0 saturated heterocycles. The summed E-state index contributed by atoms with van der Waals surface area (Å²) in [5, 5.41) is 4.51. The zero-order valence-electron chi connectivity index (χ0n) is 8.93. The van der Waals surface area contributed by atoms with Crippen molar-refractivity contribution in [2.24, 2.45) is 0 Å². The summed E-state index contributed by atoms with van der Waals surface area (Å²) in [6.07, 6.45) is 0. The molecule has 1 aromatic carbocycles. The highest BCUT2D eigenvalue weighted by molar-refractivity contribution is 6.31. The van der Waals surface area contributed by atoms with Crippen LogP contribution in [0.1, 0.15) is 10.5 Å². The molecule has 2 aromatic rings. The zero-order chi connectivity index (χ0) is 11.7. The first-order chi connectivity index (χ1) is 7.67. The molecule has 1 aromatic heterocycles. The number of aromatic amines is 1. The highest BCUT2D eigenvalue weighted by Gasteiger charge is 2.17. The van der Waals surface area contributed by atoms with Gasteiger partial charge in [-0.2, -0.15) is 0 Å². The standard InChI is InChI=1S/C11H11ClN2O2/c1-13-9-7-4-3-6(12)5-8(7)14-10(9)11(15)16-2/h3-5,13-14H,1-2H3. The SMILES string of the molecule is CNc1c(C(=O)OC)[nH]c2cc(Cl)ccc12. The molecule has 2 N–H and O–H groups in total. The molecule has 0 spiro atoms. The van der Waals surface area contributed by atoms with Gasteiger partial charge in [0.05, 0.1) is 12.8 Å². The predicted molar refractivity (Wildman–Crippen MR) is 64.2 cm³/mol. The Morgan fingerprint density at radius 3 is 2.88 bits per heavy atom. The van der Waals surface area contributed by atoms with Crippen molar-refractivity contribution in [3.8, 4) is 0 Å². The predicted octanol–water partition coefficient (Wildman–Crippen LogP) is 2.65. The number of ether oxygens (including phenoxy) is 1. The summed E-state index contributed by atoms with van der Waals surface area (Å²) in [6, 6.07) is 5.40. The average molecular weight is 239 g/mol. The summed E-state index contributed by atoms with van der Waals surface area (Å²) < 4.78 is 4.70. The van der Waals surface area contributed by atoms with Crippen LogP contribution in [0.3, 0.4) is 0 Å². The number of H-pyrrole nitrogens is 1. The van der Waals surface area contributed by atoms with Gasteiger partial charge in [0.25, 0.3) is 0 Å². The van der Waals surface area contributed by atoms with Gasteiger partial charge in [0.15, 0.2) is 0 Å². The Bertz CT molecular complexity index is 548. The fraction of sp³-hybridized carbons (Fsp3) is 0.182. The number of hydrogen-bond acceptors (Lipinski definition) is 3. The van der Waals surface area contributed by atoms with Crippen molar-refractivity contribution in [1.82, 2.24) is 4.98 Å². The van der Waals surface area contributed by atoms with Gasteiger partial charge in [-0.25, -0.2) is 4.79 Å². The maximum absolute atomic E-state index is 11.5. The van der Waals surface area contributed by atoms with E-state index < -0.39 is 5.97 Å². The van der Waals surface area contributed by atoms with Crippen molar-refractivity contribution >= 4 is 34.2 Å². The third-order valence-corrected chi connectivity index (χ3v) is 2.64. The summed E-state index contributed by atoms with van der Waals surface area (Å²) in [5.74, 6) is -0.406. The Kier molecular flexibility index (Phi) is 2.75. The van der Waals surface area contributed by atoms with Crippen LogP contribution < -0.4 is 5.32 Å². The molecule has 0 aliphatic heterocycles. The van der Waals surface area contributed by atoms with Crippen LogP contribution in [-0.2, 0) is 4.74 Å². The number of esters is 1. The van der Waals surface area contributed by atoms with Crippen molar-refractivity contribution in [2.75, 3.05) is 19.5 Å². The highest BCUT2D eigenvalue weighted by Crippen LogP contribution is 2.29. The molecule has 1 heterocycles. The molecule has 2 rings (SSSR count). The Morgan fingerprint density at radius 2 is 2.25 bits per heavy atom. The van der Waals surface area contributed by atoms with Gasteiger partial charge in [-0.05, 0) is 18.2 Å². The Labute approximate surface area is 97.5 Å². The highest BCUT2D eigenvalue weighted by atomic mass is 35.5. The summed E-state index contributed by atoms with van der Waals surface area (Å²) in [6.45, 7) is 0. The van der Waals surface area contributed by atoms with E-state index >= 15 is 0 Å². The molecule has 16 heavy (non-hydrogen) atoms. The molecule has 0 amide bonds. The van der Waals surface area contributed by atoms with Crippen LogP contribution in [0.25, 0.3) is 10.9 Å². The first-order valence-electron chi connectivity index (χ1n) is 4.74. The zero-order valence-corrected chi connectivity index (χ0v) is 9.68. The molecule has 84 valence electrons. The van der Waals surface area contributed by atoms with E-state index in [4.69, 9.17) is 16.3 Å². The Hall–Kier alpha value is -1.68. The summed E-state index contributed by atoms with van der Waals surface area (Å²) >= 11 is 5.88. The molecular weight excluding hydrogens is 228 g/mol. The normalized spacial score (nSPS) is 10.4. The number of rotatable bonds is 2. The molecule has 0 radical (unpaired) electrons. The number of carbonyl (C=O) groups excluding carboxylic acids is 1. The molecule has 0 saturated carbocycles. The number of anilines is 1. The van der Waals surface area contributed by atoms with Crippen LogP contribution in [0.2, 0.25) is 5.02 Å². The monoisotopic (exact) mass is 238 g/mol. The number of halogens is 1. The van der Waals surface area contributed by atoms with E-state index in [1.165, 1.54) is 7.11 Å². The lowest BCUT2D eigenvalue weighted by molar-refractivity contribution is 0.0596. The second-order valence-corrected chi connectivity index (χ2v) is 3.74. The van der Waals surface area contributed by atoms with E-state index in [1.807, 2.05) is 6.07 Å². The number of hydrogen-bond donors (Lipinski definition) is 2. The number of benzene rings is 1. The van der Waals surface area contributed by atoms with Crippen LogP contribution in [0.5, 0.6) is 0 Å². The number of carbonyl (C=O) groups is 1. The Balaban J connectivity index is 2.70. The lowest BCUT2D eigenvalue weighted by Gasteiger charge is -2.01. The second kappa shape index (κ2) is 4.06. The van der Waals surface area contributed by atoms with E-state index in [2.05, 4.69) is 10.3 Å². The quantitative estimate of drug-likeness (QED) is 0.791. The molecule has 5 heteroatoms. The smallest absolute Gasteiger partial charge is 0.356 e. The topological polar surface area (TPSA) is 54.1 Å².